The first-order chi connectivity index (χ1) is 10.2. The van der Waals surface area contributed by atoms with E-state index in [1.807, 2.05) is 11.0 Å². The number of ether oxygens (including phenoxy) is 1. The molecule has 0 bridgehead atoms. The Morgan fingerprint density at radius 2 is 2.33 bits per heavy atom. The Kier molecular flexibility index (Phi) is 3.68. The van der Waals surface area contributed by atoms with Crippen molar-refractivity contribution >= 4 is 22.3 Å². The molecule has 7 heteroatoms. The zero-order valence-corrected chi connectivity index (χ0v) is 11.3. The lowest BCUT2D eigenvalue weighted by Gasteiger charge is -2.36. The summed E-state index contributed by atoms with van der Waals surface area (Å²) in [6.07, 6.45) is 1.54. The maximum absolute atomic E-state index is 11.1. The van der Waals surface area contributed by atoms with E-state index in [1.165, 1.54) is 6.07 Å². The lowest BCUT2D eigenvalue weighted by molar-refractivity contribution is -0.383. The molecule has 1 unspecified atom stereocenters. The highest BCUT2D eigenvalue weighted by Crippen LogP contribution is 2.33. The maximum Gasteiger partial charge on any atom is 0.295 e. The number of nitrogens with zero attached hydrogens (tertiary/aromatic N) is 3. The predicted octanol–water partition coefficient (Wildman–Crippen LogP) is 1.34. The van der Waals surface area contributed by atoms with Crippen molar-refractivity contribution < 1.29 is 14.8 Å². The second kappa shape index (κ2) is 5.63. The topological polar surface area (TPSA) is 88.7 Å². The van der Waals surface area contributed by atoms with Crippen LogP contribution >= 0.6 is 0 Å². The number of aromatic nitrogens is 1. The Bertz CT molecular complexity index is 676. The van der Waals surface area contributed by atoms with Crippen molar-refractivity contribution in [2.75, 3.05) is 31.3 Å². The molecule has 3 rings (SSSR count). The number of fused-ring (bicyclic) bond motifs is 1. The fraction of sp³-hybridized carbons (Fsp3) is 0.357. The van der Waals surface area contributed by atoms with Crippen LogP contribution in [0.5, 0.6) is 0 Å². The van der Waals surface area contributed by atoms with Gasteiger partial charge in [0.2, 0.25) is 0 Å². The minimum Gasteiger partial charge on any atom is -0.394 e. The first kappa shape index (κ1) is 13.7. The first-order valence-corrected chi connectivity index (χ1v) is 6.69. The molecule has 1 aromatic heterocycles. The third kappa shape index (κ3) is 2.41. The van der Waals surface area contributed by atoms with E-state index in [2.05, 4.69) is 4.98 Å². The molecule has 21 heavy (non-hydrogen) atoms. The number of aliphatic hydroxyl groups excluding tert-OH is 1. The summed E-state index contributed by atoms with van der Waals surface area (Å²) in [4.78, 5) is 16.9. The van der Waals surface area contributed by atoms with Gasteiger partial charge in [-0.15, -0.1) is 0 Å². The van der Waals surface area contributed by atoms with Gasteiger partial charge in [0, 0.05) is 29.9 Å². The first-order valence-electron chi connectivity index (χ1n) is 6.69. The van der Waals surface area contributed by atoms with E-state index in [0.717, 1.165) is 5.69 Å². The molecular formula is C14H15N3O4. The highest BCUT2D eigenvalue weighted by Gasteiger charge is 2.26. The van der Waals surface area contributed by atoms with Gasteiger partial charge in [-0.05, 0) is 18.2 Å². The van der Waals surface area contributed by atoms with E-state index >= 15 is 0 Å². The molecule has 1 aromatic carbocycles. The lowest BCUT2D eigenvalue weighted by Crippen LogP contribution is -2.47. The highest BCUT2D eigenvalue weighted by molar-refractivity contribution is 5.97. The van der Waals surface area contributed by atoms with Crippen LogP contribution in [0.25, 0.3) is 10.9 Å². The zero-order chi connectivity index (χ0) is 14.8. The van der Waals surface area contributed by atoms with Gasteiger partial charge in [-0.25, -0.2) is 4.98 Å². The monoisotopic (exact) mass is 289 g/mol. The van der Waals surface area contributed by atoms with E-state index in [9.17, 15) is 15.2 Å². The predicted molar refractivity (Wildman–Crippen MR) is 77.4 cm³/mol. The third-order valence-electron chi connectivity index (χ3n) is 3.67. The van der Waals surface area contributed by atoms with Gasteiger partial charge in [-0.3, -0.25) is 10.1 Å². The Labute approximate surface area is 120 Å². The number of nitro groups is 1. The molecule has 1 aliphatic rings. The molecule has 0 aliphatic carbocycles. The van der Waals surface area contributed by atoms with Gasteiger partial charge in [0.1, 0.15) is 5.52 Å². The molecule has 1 aliphatic heterocycles. The van der Waals surface area contributed by atoms with Crippen LogP contribution < -0.4 is 4.90 Å². The van der Waals surface area contributed by atoms with Crippen LogP contribution in [0.4, 0.5) is 11.4 Å². The Balaban J connectivity index is 2.15. The van der Waals surface area contributed by atoms with Crippen LogP contribution in [0.3, 0.4) is 0 Å². The number of aliphatic hydroxyl groups is 1. The van der Waals surface area contributed by atoms with Crippen LogP contribution in [-0.4, -0.2) is 47.4 Å². The smallest absolute Gasteiger partial charge is 0.295 e. The Hall–Kier alpha value is -2.25. The summed E-state index contributed by atoms with van der Waals surface area (Å²) >= 11 is 0. The summed E-state index contributed by atoms with van der Waals surface area (Å²) in [7, 11) is 0. The molecule has 1 saturated heterocycles. The van der Waals surface area contributed by atoms with Crippen LogP contribution in [0.2, 0.25) is 0 Å². The Morgan fingerprint density at radius 1 is 1.48 bits per heavy atom. The molecule has 7 nitrogen and oxygen atoms in total. The minimum atomic E-state index is -0.429. The van der Waals surface area contributed by atoms with Crippen LogP contribution in [0, 0.1) is 10.1 Å². The van der Waals surface area contributed by atoms with E-state index in [1.54, 1.807) is 18.3 Å². The van der Waals surface area contributed by atoms with Crippen molar-refractivity contribution in [2.45, 2.75) is 6.04 Å². The molecule has 0 radical (unpaired) electrons. The van der Waals surface area contributed by atoms with Crippen molar-refractivity contribution in [3.63, 3.8) is 0 Å². The van der Waals surface area contributed by atoms with Gasteiger partial charge in [0.15, 0.2) is 0 Å². The quantitative estimate of drug-likeness (QED) is 0.677. The summed E-state index contributed by atoms with van der Waals surface area (Å²) in [6.45, 7) is 1.61. The average molecular weight is 289 g/mol. The Morgan fingerprint density at radius 3 is 3.10 bits per heavy atom. The molecule has 0 saturated carbocycles. The van der Waals surface area contributed by atoms with Crippen LogP contribution in [0.15, 0.2) is 30.5 Å². The summed E-state index contributed by atoms with van der Waals surface area (Å²) in [5.41, 5.74) is 1.19. The van der Waals surface area contributed by atoms with Gasteiger partial charge < -0.3 is 14.7 Å². The summed E-state index contributed by atoms with van der Waals surface area (Å²) < 4.78 is 5.37. The van der Waals surface area contributed by atoms with E-state index < -0.39 is 4.92 Å². The number of benzene rings is 1. The van der Waals surface area contributed by atoms with Gasteiger partial charge in [-0.1, -0.05) is 0 Å². The van der Waals surface area contributed by atoms with E-state index in [-0.39, 0.29) is 18.3 Å². The van der Waals surface area contributed by atoms with Crippen LogP contribution in [-0.2, 0) is 4.74 Å². The van der Waals surface area contributed by atoms with Crippen molar-refractivity contribution in [1.29, 1.82) is 0 Å². The average Bonchev–Trinajstić information content (AvgIpc) is 2.53. The highest BCUT2D eigenvalue weighted by atomic mass is 16.6. The van der Waals surface area contributed by atoms with Crippen molar-refractivity contribution in [3.8, 4) is 0 Å². The van der Waals surface area contributed by atoms with Crippen LogP contribution in [0.1, 0.15) is 0 Å². The molecule has 110 valence electrons. The SMILES string of the molecule is O=[N+]([O-])c1ccc(N2CCOCC2CO)c2cccnc12. The molecule has 0 spiro atoms. The normalized spacial score (nSPS) is 18.9. The fourth-order valence-electron chi connectivity index (χ4n) is 2.66. The number of nitro benzene ring substituents is 1. The molecule has 1 fully saturated rings. The van der Waals surface area contributed by atoms with Gasteiger partial charge >= 0.3 is 0 Å². The number of morpholine rings is 1. The summed E-state index contributed by atoms with van der Waals surface area (Å²) in [5, 5.41) is 21.3. The number of non-ortho nitro benzene ring substituents is 1. The van der Waals surface area contributed by atoms with Gasteiger partial charge in [0.05, 0.1) is 30.8 Å². The summed E-state index contributed by atoms with van der Waals surface area (Å²) in [6, 6.07) is 6.60. The maximum atomic E-state index is 11.1. The number of anilines is 1. The third-order valence-corrected chi connectivity index (χ3v) is 3.67. The lowest BCUT2D eigenvalue weighted by atomic mass is 10.1. The molecule has 2 aromatic rings. The number of pyridine rings is 1. The number of rotatable bonds is 3. The van der Waals surface area contributed by atoms with Gasteiger partial charge in [-0.2, -0.15) is 0 Å². The van der Waals surface area contributed by atoms with E-state index in [4.69, 9.17) is 4.74 Å². The molecule has 1 N–H and O–H groups in total. The second-order valence-corrected chi connectivity index (χ2v) is 4.87. The molecular weight excluding hydrogens is 274 g/mol. The molecule has 0 amide bonds. The van der Waals surface area contributed by atoms with Crippen molar-refractivity contribution in [2.24, 2.45) is 0 Å². The largest absolute Gasteiger partial charge is 0.394 e. The number of hydrogen-bond donors (Lipinski definition) is 1. The number of hydrogen-bond acceptors (Lipinski definition) is 6. The minimum absolute atomic E-state index is 0.0110. The molecule has 1 atom stereocenters. The van der Waals surface area contributed by atoms with Gasteiger partial charge in [0.25, 0.3) is 5.69 Å². The zero-order valence-electron chi connectivity index (χ0n) is 11.3. The molecule has 2 heterocycles. The van der Waals surface area contributed by atoms with Crippen molar-refractivity contribution in [1.82, 2.24) is 4.98 Å². The fourth-order valence-corrected chi connectivity index (χ4v) is 2.66. The van der Waals surface area contributed by atoms with E-state index in [0.29, 0.717) is 30.7 Å². The summed E-state index contributed by atoms with van der Waals surface area (Å²) in [5.74, 6) is 0. The second-order valence-electron chi connectivity index (χ2n) is 4.87. The van der Waals surface area contributed by atoms with Crippen molar-refractivity contribution in [3.05, 3.63) is 40.6 Å². The standard InChI is InChI=1S/C14H15N3O4/c18-8-10-9-21-7-6-16(10)12-3-4-13(17(19)20)14-11(12)2-1-5-15-14/h1-5,10,18H,6-9H2.